The predicted octanol–water partition coefficient (Wildman–Crippen LogP) is 4.37. The van der Waals surface area contributed by atoms with Crippen LogP contribution in [0.2, 0.25) is 0 Å². The average molecular weight is 247 g/mol. The Bertz CT molecular complexity index is 460. The summed E-state index contributed by atoms with van der Waals surface area (Å²) in [5.74, 6) is 0. The van der Waals surface area contributed by atoms with E-state index >= 15 is 0 Å². The van der Waals surface area contributed by atoms with Crippen molar-refractivity contribution in [1.82, 2.24) is 0 Å². The van der Waals surface area contributed by atoms with Gasteiger partial charge in [-0.25, -0.2) is 0 Å². The third-order valence-electron chi connectivity index (χ3n) is 2.17. The van der Waals surface area contributed by atoms with E-state index in [0.717, 1.165) is 0 Å². The van der Waals surface area contributed by atoms with Crippen LogP contribution in [0, 0.1) is 13.8 Å². The van der Waals surface area contributed by atoms with E-state index in [1.54, 1.807) is 24.3 Å². The van der Waals surface area contributed by atoms with Crippen LogP contribution in [0.25, 0.3) is 0 Å². The number of hydrogen-bond donors (Lipinski definition) is 0. The lowest BCUT2D eigenvalue weighted by atomic mass is 10.2. The Morgan fingerprint density at radius 3 is 1.71 bits per heavy atom. The van der Waals surface area contributed by atoms with Crippen LogP contribution in [0.4, 0.5) is 0 Å². The fourth-order valence-corrected chi connectivity index (χ4v) is 1.50. The maximum atomic E-state index is 10.4. The minimum Gasteiger partial charge on any atom is -0.276 e. The van der Waals surface area contributed by atoms with Crippen LogP contribution in [0.15, 0.2) is 54.6 Å². The van der Waals surface area contributed by atoms with E-state index < -0.39 is 5.24 Å². The molecule has 0 fully saturated rings. The average Bonchev–Trinajstić information content (AvgIpc) is 2.30. The highest BCUT2D eigenvalue weighted by Gasteiger charge is 1.95. The first-order chi connectivity index (χ1) is 8.09. The van der Waals surface area contributed by atoms with E-state index in [9.17, 15) is 4.79 Å². The molecule has 0 amide bonds. The Kier molecular flexibility index (Phi) is 5.44. The quantitative estimate of drug-likeness (QED) is 0.683. The molecule has 1 nitrogen and oxygen atoms in total. The molecular formula is C15H15ClO. The van der Waals surface area contributed by atoms with Gasteiger partial charge in [-0.15, -0.1) is 0 Å². The smallest absolute Gasteiger partial charge is 0.252 e. The summed E-state index contributed by atoms with van der Waals surface area (Å²) in [4.78, 5) is 10.4. The molecule has 0 unspecified atom stereocenters. The largest absolute Gasteiger partial charge is 0.276 e. The van der Waals surface area contributed by atoms with Gasteiger partial charge in [-0.1, -0.05) is 65.7 Å². The molecule has 0 aliphatic rings. The van der Waals surface area contributed by atoms with Crippen molar-refractivity contribution in [2.45, 2.75) is 13.8 Å². The molecule has 0 bridgehead atoms. The van der Waals surface area contributed by atoms with Crippen molar-refractivity contribution in [3.05, 3.63) is 71.3 Å². The molecule has 0 saturated carbocycles. The van der Waals surface area contributed by atoms with Crippen LogP contribution in [-0.4, -0.2) is 5.24 Å². The second-order valence-electron chi connectivity index (χ2n) is 3.80. The maximum Gasteiger partial charge on any atom is 0.252 e. The maximum absolute atomic E-state index is 10.4. The van der Waals surface area contributed by atoms with Crippen LogP contribution in [0.5, 0.6) is 0 Å². The number of rotatable bonds is 1. The second-order valence-corrected chi connectivity index (χ2v) is 4.14. The molecule has 0 heterocycles. The predicted molar refractivity (Wildman–Crippen MR) is 72.5 cm³/mol. The summed E-state index contributed by atoms with van der Waals surface area (Å²) in [7, 11) is 0. The van der Waals surface area contributed by atoms with Gasteiger partial charge in [0.2, 0.25) is 0 Å². The Morgan fingerprint density at radius 1 is 0.882 bits per heavy atom. The number of aryl methyl sites for hydroxylation is 2. The van der Waals surface area contributed by atoms with Gasteiger partial charge in [-0.05, 0) is 25.4 Å². The third-order valence-corrected chi connectivity index (χ3v) is 2.39. The van der Waals surface area contributed by atoms with Gasteiger partial charge in [0.25, 0.3) is 5.24 Å². The first-order valence-electron chi connectivity index (χ1n) is 5.38. The van der Waals surface area contributed by atoms with Crippen molar-refractivity contribution in [2.24, 2.45) is 0 Å². The molecule has 0 saturated heterocycles. The van der Waals surface area contributed by atoms with Gasteiger partial charge in [0.1, 0.15) is 0 Å². The minimum absolute atomic E-state index is 0.407. The molecule has 0 aliphatic heterocycles. The Labute approximate surface area is 107 Å². The molecule has 0 spiro atoms. The molecule has 0 aromatic heterocycles. The lowest BCUT2D eigenvalue weighted by Crippen LogP contribution is -1.84. The molecule has 2 aromatic carbocycles. The van der Waals surface area contributed by atoms with Crippen LogP contribution in [-0.2, 0) is 0 Å². The van der Waals surface area contributed by atoms with Gasteiger partial charge in [-0.3, -0.25) is 4.79 Å². The van der Waals surface area contributed by atoms with Crippen LogP contribution >= 0.6 is 11.6 Å². The van der Waals surface area contributed by atoms with Crippen molar-refractivity contribution in [2.75, 3.05) is 0 Å². The number of hydrogen-bond acceptors (Lipinski definition) is 1. The number of halogens is 1. The van der Waals surface area contributed by atoms with E-state index in [1.807, 2.05) is 6.07 Å². The highest BCUT2D eigenvalue weighted by Crippen LogP contribution is 2.01. The molecule has 0 aliphatic carbocycles. The Balaban J connectivity index is 0.000000171. The summed E-state index contributed by atoms with van der Waals surface area (Å²) in [6, 6.07) is 17.2. The fourth-order valence-electron chi connectivity index (χ4n) is 1.38. The summed E-state index contributed by atoms with van der Waals surface area (Å²) in [6.45, 7) is 4.21. The van der Waals surface area contributed by atoms with E-state index in [4.69, 9.17) is 11.6 Å². The lowest BCUT2D eigenvalue weighted by molar-refractivity contribution is 0.108. The van der Waals surface area contributed by atoms with Gasteiger partial charge in [0.15, 0.2) is 0 Å². The first-order valence-corrected chi connectivity index (χ1v) is 5.75. The number of benzene rings is 2. The molecule has 0 N–H and O–H groups in total. The number of carbonyl (C=O) groups excluding carboxylic acids is 1. The summed E-state index contributed by atoms with van der Waals surface area (Å²) in [5, 5.41) is -0.407. The Hall–Kier alpha value is -1.60. The van der Waals surface area contributed by atoms with Gasteiger partial charge >= 0.3 is 0 Å². The molecule has 2 rings (SSSR count). The molecule has 2 heteroatoms. The minimum atomic E-state index is -0.407. The second kappa shape index (κ2) is 6.87. The molecular weight excluding hydrogens is 232 g/mol. The van der Waals surface area contributed by atoms with E-state index in [-0.39, 0.29) is 0 Å². The Morgan fingerprint density at radius 2 is 1.41 bits per heavy atom. The summed E-state index contributed by atoms with van der Waals surface area (Å²) in [6.07, 6.45) is 0. The zero-order valence-electron chi connectivity index (χ0n) is 9.98. The van der Waals surface area contributed by atoms with Gasteiger partial charge in [0.05, 0.1) is 0 Å². The lowest BCUT2D eigenvalue weighted by Gasteiger charge is -1.90. The normalized spacial score (nSPS) is 9.12. The van der Waals surface area contributed by atoms with Crippen molar-refractivity contribution in [3.63, 3.8) is 0 Å². The first kappa shape index (κ1) is 13.5. The van der Waals surface area contributed by atoms with Crippen molar-refractivity contribution < 1.29 is 4.79 Å². The molecule has 0 radical (unpaired) electrons. The molecule has 88 valence electrons. The van der Waals surface area contributed by atoms with Crippen LogP contribution in [0.3, 0.4) is 0 Å². The van der Waals surface area contributed by atoms with Gasteiger partial charge < -0.3 is 0 Å². The molecule has 0 atom stereocenters. The molecule has 17 heavy (non-hydrogen) atoms. The van der Waals surface area contributed by atoms with Crippen molar-refractivity contribution in [1.29, 1.82) is 0 Å². The van der Waals surface area contributed by atoms with E-state index in [0.29, 0.717) is 5.56 Å². The summed E-state index contributed by atoms with van der Waals surface area (Å²) >= 11 is 5.16. The van der Waals surface area contributed by atoms with Crippen molar-refractivity contribution >= 4 is 16.8 Å². The summed E-state index contributed by atoms with van der Waals surface area (Å²) in [5.41, 5.74) is 3.22. The SMILES string of the molecule is Cc1cccc(C)c1.O=C(Cl)c1ccccc1. The van der Waals surface area contributed by atoms with E-state index in [1.165, 1.54) is 11.1 Å². The zero-order valence-corrected chi connectivity index (χ0v) is 10.7. The monoisotopic (exact) mass is 246 g/mol. The highest BCUT2D eigenvalue weighted by molar-refractivity contribution is 6.67. The third kappa shape index (κ3) is 5.32. The van der Waals surface area contributed by atoms with Crippen molar-refractivity contribution in [3.8, 4) is 0 Å². The standard InChI is InChI=1S/C8H10.C7H5ClO/c1-7-4-3-5-8(2)6-7;8-7(9)6-4-2-1-3-5-6/h3-6H,1-2H3;1-5H. The molecule has 2 aromatic rings. The zero-order chi connectivity index (χ0) is 12.7. The summed E-state index contributed by atoms with van der Waals surface area (Å²) < 4.78 is 0. The van der Waals surface area contributed by atoms with Gasteiger partial charge in [0, 0.05) is 5.56 Å². The van der Waals surface area contributed by atoms with E-state index in [2.05, 4.69) is 38.1 Å². The van der Waals surface area contributed by atoms with Crippen LogP contribution < -0.4 is 0 Å². The number of carbonyl (C=O) groups is 1. The fraction of sp³-hybridized carbons (Fsp3) is 0.133. The van der Waals surface area contributed by atoms with Crippen LogP contribution in [0.1, 0.15) is 21.5 Å². The highest BCUT2D eigenvalue weighted by atomic mass is 35.5. The van der Waals surface area contributed by atoms with Gasteiger partial charge in [-0.2, -0.15) is 0 Å². The topological polar surface area (TPSA) is 17.1 Å².